The highest BCUT2D eigenvalue weighted by Gasteiger charge is 2.07. The van der Waals surface area contributed by atoms with Gasteiger partial charge in [-0.1, -0.05) is 42.5 Å². The van der Waals surface area contributed by atoms with Crippen molar-refractivity contribution in [2.75, 3.05) is 0 Å². The van der Waals surface area contributed by atoms with Crippen molar-refractivity contribution in [1.29, 1.82) is 0 Å². The molecule has 1 aliphatic rings. The van der Waals surface area contributed by atoms with E-state index in [1.54, 1.807) is 6.07 Å². The summed E-state index contributed by atoms with van der Waals surface area (Å²) in [5.41, 5.74) is 1.25. The molecule has 1 N–H and O–H groups in total. The highest BCUT2D eigenvalue weighted by Crippen LogP contribution is 2.35. The molecular formula is C16H13ClN2O. The Bertz CT molecular complexity index is 734. The highest BCUT2D eigenvalue weighted by molar-refractivity contribution is 6.22. The van der Waals surface area contributed by atoms with Gasteiger partial charge in [-0.05, 0) is 23.9 Å². The van der Waals surface area contributed by atoms with E-state index >= 15 is 0 Å². The second-order valence-corrected chi connectivity index (χ2v) is 5.15. The fourth-order valence-corrected chi connectivity index (χ4v) is 2.28. The van der Waals surface area contributed by atoms with Crippen molar-refractivity contribution in [2.45, 2.75) is 11.8 Å². The quantitative estimate of drug-likeness (QED) is 0.606. The zero-order valence-corrected chi connectivity index (χ0v) is 11.5. The molecule has 0 aromatic heterocycles. The van der Waals surface area contributed by atoms with Gasteiger partial charge in [0, 0.05) is 5.39 Å². The monoisotopic (exact) mass is 284 g/mol. The lowest BCUT2D eigenvalue weighted by Gasteiger charge is -2.06. The minimum Gasteiger partial charge on any atom is -0.506 e. The largest absolute Gasteiger partial charge is 0.506 e. The summed E-state index contributed by atoms with van der Waals surface area (Å²) in [7, 11) is 0. The molecule has 100 valence electrons. The summed E-state index contributed by atoms with van der Waals surface area (Å²) in [6.07, 6.45) is 6.41. The molecule has 0 aliphatic heterocycles. The van der Waals surface area contributed by atoms with Crippen LogP contribution >= 0.6 is 11.6 Å². The summed E-state index contributed by atoms with van der Waals surface area (Å²) in [6.45, 7) is 0. The molecule has 2 aromatic rings. The van der Waals surface area contributed by atoms with Crippen molar-refractivity contribution >= 4 is 28.1 Å². The topological polar surface area (TPSA) is 45.0 Å². The fourth-order valence-electron chi connectivity index (χ4n) is 2.11. The maximum atomic E-state index is 9.97. The molecule has 1 atom stereocenters. The molecule has 0 bridgehead atoms. The number of alkyl halides is 1. The highest BCUT2D eigenvalue weighted by atomic mass is 35.5. The van der Waals surface area contributed by atoms with Gasteiger partial charge in [-0.3, -0.25) is 0 Å². The maximum Gasteiger partial charge on any atom is 0.143 e. The van der Waals surface area contributed by atoms with Crippen LogP contribution in [0.5, 0.6) is 5.75 Å². The normalized spacial score (nSPS) is 18.6. The summed E-state index contributed by atoms with van der Waals surface area (Å²) in [5.74, 6) is 0.128. The third kappa shape index (κ3) is 2.58. The van der Waals surface area contributed by atoms with Crippen molar-refractivity contribution in [3.05, 3.63) is 60.3 Å². The Balaban J connectivity index is 1.99. The maximum absolute atomic E-state index is 9.97. The molecule has 20 heavy (non-hydrogen) atoms. The molecule has 0 radical (unpaired) electrons. The minimum atomic E-state index is 0.0277. The molecule has 1 aliphatic carbocycles. The summed E-state index contributed by atoms with van der Waals surface area (Å²) in [6, 6.07) is 11.3. The van der Waals surface area contributed by atoms with Gasteiger partial charge in [-0.2, -0.15) is 5.11 Å². The number of azo groups is 1. The van der Waals surface area contributed by atoms with E-state index in [2.05, 4.69) is 10.2 Å². The number of halogens is 1. The Hall–Kier alpha value is -2.13. The first kappa shape index (κ1) is 12.9. The molecule has 0 spiro atoms. The third-order valence-corrected chi connectivity index (χ3v) is 3.50. The van der Waals surface area contributed by atoms with Crippen LogP contribution in [0.25, 0.3) is 10.8 Å². The van der Waals surface area contributed by atoms with Crippen molar-refractivity contribution < 1.29 is 5.11 Å². The van der Waals surface area contributed by atoms with Crippen LogP contribution in [0.4, 0.5) is 5.69 Å². The Morgan fingerprint density at radius 2 is 1.95 bits per heavy atom. The van der Waals surface area contributed by atoms with E-state index in [0.29, 0.717) is 5.69 Å². The molecule has 1 unspecified atom stereocenters. The average molecular weight is 285 g/mol. The first-order chi connectivity index (χ1) is 9.74. The van der Waals surface area contributed by atoms with Crippen LogP contribution in [0.2, 0.25) is 0 Å². The number of allylic oxidation sites excluding steroid dienone is 3. The van der Waals surface area contributed by atoms with Crippen LogP contribution in [0.3, 0.4) is 0 Å². The number of hydrogen-bond acceptors (Lipinski definition) is 3. The number of hydrogen-bond donors (Lipinski definition) is 1. The number of fused-ring (bicyclic) bond motifs is 1. The molecule has 0 amide bonds. The van der Waals surface area contributed by atoms with Gasteiger partial charge in [0.1, 0.15) is 11.4 Å². The van der Waals surface area contributed by atoms with E-state index in [9.17, 15) is 5.11 Å². The van der Waals surface area contributed by atoms with Crippen molar-refractivity contribution in [3.8, 4) is 5.75 Å². The smallest absolute Gasteiger partial charge is 0.143 e. The summed E-state index contributed by atoms with van der Waals surface area (Å²) >= 11 is 5.96. The van der Waals surface area contributed by atoms with E-state index < -0.39 is 0 Å². The number of phenols is 1. The van der Waals surface area contributed by atoms with Crippen LogP contribution in [-0.4, -0.2) is 10.5 Å². The van der Waals surface area contributed by atoms with Gasteiger partial charge in [-0.15, -0.1) is 16.7 Å². The SMILES string of the molecule is Oc1ccc2ccccc2c1N=NC1=CCC(Cl)C=C1. The fraction of sp³-hybridized carbons (Fsp3) is 0.125. The van der Waals surface area contributed by atoms with Gasteiger partial charge in [0.05, 0.1) is 11.1 Å². The lowest BCUT2D eigenvalue weighted by atomic mass is 10.1. The van der Waals surface area contributed by atoms with Gasteiger partial charge in [0.25, 0.3) is 0 Å². The third-order valence-electron chi connectivity index (χ3n) is 3.17. The van der Waals surface area contributed by atoms with E-state index in [0.717, 1.165) is 22.9 Å². The molecule has 3 rings (SSSR count). The first-order valence-corrected chi connectivity index (χ1v) is 6.82. The second kappa shape index (κ2) is 5.47. The van der Waals surface area contributed by atoms with E-state index in [1.165, 1.54) is 0 Å². The lowest BCUT2D eigenvalue weighted by molar-refractivity contribution is 0.477. The van der Waals surface area contributed by atoms with Crippen LogP contribution < -0.4 is 0 Å². The molecule has 3 nitrogen and oxygen atoms in total. The van der Waals surface area contributed by atoms with E-state index in [4.69, 9.17) is 11.6 Å². The zero-order chi connectivity index (χ0) is 13.9. The number of phenolic OH excluding ortho intramolecular Hbond substituents is 1. The van der Waals surface area contributed by atoms with Gasteiger partial charge in [-0.25, -0.2) is 0 Å². The molecule has 0 fully saturated rings. The molecular weight excluding hydrogens is 272 g/mol. The van der Waals surface area contributed by atoms with Gasteiger partial charge < -0.3 is 5.11 Å². The minimum absolute atomic E-state index is 0.0277. The van der Waals surface area contributed by atoms with Crippen LogP contribution in [0, 0.1) is 0 Å². The van der Waals surface area contributed by atoms with Crippen LogP contribution in [-0.2, 0) is 0 Å². The standard InChI is InChI=1S/C16H13ClN2O/c17-12-6-8-13(9-7-12)18-19-16-14-4-2-1-3-11(14)5-10-15(16)20/h1-6,8-10,12,20H,7H2. The molecule has 0 saturated heterocycles. The van der Waals surface area contributed by atoms with Crippen molar-refractivity contribution in [3.63, 3.8) is 0 Å². The summed E-state index contributed by atoms with van der Waals surface area (Å²) in [4.78, 5) is 0. The van der Waals surface area contributed by atoms with Gasteiger partial charge >= 0.3 is 0 Å². The Morgan fingerprint density at radius 1 is 1.10 bits per heavy atom. The van der Waals surface area contributed by atoms with Crippen molar-refractivity contribution in [2.24, 2.45) is 10.2 Å². The van der Waals surface area contributed by atoms with E-state index in [1.807, 2.05) is 48.6 Å². The molecule has 2 aromatic carbocycles. The average Bonchev–Trinajstić information content (AvgIpc) is 2.48. The van der Waals surface area contributed by atoms with Crippen molar-refractivity contribution in [1.82, 2.24) is 0 Å². The predicted molar refractivity (Wildman–Crippen MR) is 81.6 cm³/mol. The summed E-state index contributed by atoms with van der Waals surface area (Å²) < 4.78 is 0. The number of benzene rings is 2. The molecule has 0 saturated carbocycles. The van der Waals surface area contributed by atoms with Crippen LogP contribution in [0.15, 0.2) is 70.6 Å². The van der Waals surface area contributed by atoms with Gasteiger partial charge in [0.2, 0.25) is 0 Å². The summed E-state index contributed by atoms with van der Waals surface area (Å²) in [5, 5.41) is 20.3. The zero-order valence-electron chi connectivity index (χ0n) is 10.7. The molecule has 4 heteroatoms. The number of rotatable bonds is 2. The van der Waals surface area contributed by atoms with Crippen LogP contribution in [0.1, 0.15) is 6.42 Å². The Morgan fingerprint density at radius 3 is 2.75 bits per heavy atom. The number of nitrogens with zero attached hydrogens (tertiary/aromatic N) is 2. The Labute approximate surface area is 121 Å². The lowest BCUT2D eigenvalue weighted by Crippen LogP contribution is -1.95. The second-order valence-electron chi connectivity index (χ2n) is 4.59. The predicted octanol–water partition coefficient (Wildman–Crippen LogP) is 5.08. The number of aromatic hydroxyl groups is 1. The van der Waals surface area contributed by atoms with Gasteiger partial charge in [0.15, 0.2) is 0 Å². The van der Waals surface area contributed by atoms with E-state index in [-0.39, 0.29) is 11.1 Å². The Kier molecular flexibility index (Phi) is 3.52. The first-order valence-electron chi connectivity index (χ1n) is 6.39. The molecule has 0 heterocycles.